The van der Waals surface area contributed by atoms with E-state index in [4.69, 9.17) is 33.7 Å². The van der Waals surface area contributed by atoms with E-state index in [2.05, 4.69) is 0 Å². The zero-order chi connectivity index (χ0) is 13.8. The Morgan fingerprint density at radius 3 is 2.60 bits per heavy atom. The van der Waals surface area contributed by atoms with Crippen molar-refractivity contribution in [3.8, 4) is 5.75 Å². The van der Waals surface area contributed by atoms with Gasteiger partial charge in [-0.2, -0.15) is 0 Å². The molecule has 1 heterocycles. The number of ether oxygens (including phenoxy) is 1. The van der Waals surface area contributed by atoms with Crippen molar-refractivity contribution in [3.05, 3.63) is 28.2 Å². The quantitative estimate of drug-likeness (QED) is 0.917. The van der Waals surface area contributed by atoms with Crippen LogP contribution < -0.4 is 10.5 Å². The van der Waals surface area contributed by atoms with Crippen LogP contribution in [0, 0.1) is 0 Å². The molecule has 0 radical (unpaired) electrons. The minimum Gasteiger partial charge on any atom is -0.484 e. The number of rotatable bonds is 4. The third-order valence-electron chi connectivity index (χ3n) is 3.17. The van der Waals surface area contributed by atoms with E-state index in [1.165, 1.54) is 0 Å². The highest BCUT2D eigenvalue weighted by Gasteiger charge is 2.27. The summed E-state index contributed by atoms with van der Waals surface area (Å²) in [6, 6.07) is 5.01. The SMILES string of the molecule is Cl.NCC1CCCN1C(=O)COc1cc(Cl)cc(Cl)c1. The number of carbonyl (C=O) groups is 1. The molecule has 1 atom stereocenters. The summed E-state index contributed by atoms with van der Waals surface area (Å²) < 4.78 is 5.43. The van der Waals surface area contributed by atoms with E-state index >= 15 is 0 Å². The Bertz CT molecular complexity index is 451. The molecule has 1 amide bonds. The summed E-state index contributed by atoms with van der Waals surface area (Å²) in [7, 11) is 0. The van der Waals surface area contributed by atoms with E-state index in [0.717, 1.165) is 19.4 Å². The van der Waals surface area contributed by atoms with Crippen LogP contribution in [0.1, 0.15) is 12.8 Å². The van der Waals surface area contributed by atoms with Gasteiger partial charge >= 0.3 is 0 Å². The number of halogens is 3. The molecule has 0 bridgehead atoms. The molecule has 112 valence electrons. The van der Waals surface area contributed by atoms with E-state index in [1.54, 1.807) is 23.1 Å². The van der Waals surface area contributed by atoms with Crippen LogP contribution in [-0.2, 0) is 4.79 Å². The molecule has 0 aliphatic carbocycles. The van der Waals surface area contributed by atoms with Crippen LogP contribution in [0.5, 0.6) is 5.75 Å². The van der Waals surface area contributed by atoms with Crippen molar-refractivity contribution in [2.24, 2.45) is 5.73 Å². The van der Waals surface area contributed by atoms with Crippen molar-refractivity contribution in [1.29, 1.82) is 0 Å². The van der Waals surface area contributed by atoms with Crippen LogP contribution in [0.4, 0.5) is 0 Å². The predicted octanol–water partition coefficient (Wildman–Crippen LogP) is 2.74. The van der Waals surface area contributed by atoms with Crippen LogP contribution in [0.25, 0.3) is 0 Å². The summed E-state index contributed by atoms with van der Waals surface area (Å²) in [6.07, 6.45) is 1.96. The molecule has 0 spiro atoms. The number of likely N-dealkylation sites (tertiary alicyclic amines) is 1. The first-order chi connectivity index (χ1) is 9.10. The van der Waals surface area contributed by atoms with Crippen LogP contribution in [-0.4, -0.2) is 36.5 Å². The summed E-state index contributed by atoms with van der Waals surface area (Å²) in [5.74, 6) is 0.443. The predicted molar refractivity (Wildman–Crippen MR) is 83.0 cm³/mol. The van der Waals surface area contributed by atoms with E-state index in [1.807, 2.05) is 0 Å². The summed E-state index contributed by atoms with van der Waals surface area (Å²) >= 11 is 11.7. The second kappa shape index (κ2) is 7.93. The van der Waals surface area contributed by atoms with E-state index < -0.39 is 0 Å². The van der Waals surface area contributed by atoms with Gasteiger partial charge < -0.3 is 15.4 Å². The molecule has 1 saturated heterocycles. The molecule has 1 aromatic carbocycles. The fraction of sp³-hybridized carbons (Fsp3) is 0.462. The Kier molecular flexibility index (Phi) is 6.89. The fourth-order valence-corrected chi connectivity index (χ4v) is 2.75. The van der Waals surface area contributed by atoms with Crippen molar-refractivity contribution >= 4 is 41.5 Å². The molecule has 1 aromatic rings. The fourth-order valence-electron chi connectivity index (χ4n) is 2.25. The molecule has 20 heavy (non-hydrogen) atoms. The maximum atomic E-state index is 12.0. The lowest BCUT2D eigenvalue weighted by molar-refractivity contribution is -0.134. The van der Waals surface area contributed by atoms with Gasteiger partial charge in [-0.1, -0.05) is 23.2 Å². The lowest BCUT2D eigenvalue weighted by atomic mass is 10.2. The lowest BCUT2D eigenvalue weighted by Gasteiger charge is -2.23. The highest BCUT2D eigenvalue weighted by Crippen LogP contribution is 2.24. The van der Waals surface area contributed by atoms with Crippen LogP contribution in [0.2, 0.25) is 10.0 Å². The summed E-state index contributed by atoms with van der Waals surface area (Å²) in [6.45, 7) is 1.22. The monoisotopic (exact) mass is 338 g/mol. The van der Waals surface area contributed by atoms with Gasteiger partial charge in [-0.3, -0.25) is 4.79 Å². The van der Waals surface area contributed by atoms with E-state index in [9.17, 15) is 4.79 Å². The molecular weight excluding hydrogens is 323 g/mol. The normalized spacial score (nSPS) is 17.8. The zero-order valence-corrected chi connectivity index (χ0v) is 13.2. The number of hydrogen-bond acceptors (Lipinski definition) is 3. The Hall–Kier alpha value is -0.680. The maximum absolute atomic E-state index is 12.0. The summed E-state index contributed by atoms with van der Waals surface area (Å²) in [5, 5.41) is 0.965. The van der Waals surface area contributed by atoms with Crippen LogP contribution in [0.15, 0.2) is 18.2 Å². The van der Waals surface area contributed by atoms with Gasteiger partial charge in [0.15, 0.2) is 6.61 Å². The molecule has 4 nitrogen and oxygen atoms in total. The molecule has 2 rings (SSSR count). The smallest absolute Gasteiger partial charge is 0.260 e. The number of benzene rings is 1. The van der Waals surface area contributed by atoms with Gasteiger partial charge in [0, 0.05) is 29.2 Å². The number of carbonyl (C=O) groups excluding carboxylic acids is 1. The number of nitrogens with zero attached hydrogens (tertiary/aromatic N) is 1. The Morgan fingerprint density at radius 1 is 1.35 bits per heavy atom. The van der Waals surface area contributed by atoms with Gasteiger partial charge in [-0.25, -0.2) is 0 Å². The second-order valence-electron chi connectivity index (χ2n) is 4.51. The van der Waals surface area contributed by atoms with Gasteiger partial charge in [-0.05, 0) is 31.0 Å². The molecule has 7 heteroatoms. The largest absolute Gasteiger partial charge is 0.484 e. The molecule has 1 unspecified atom stereocenters. The molecule has 0 aromatic heterocycles. The first-order valence-corrected chi connectivity index (χ1v) is 6.94. The van der Waals surface area contributed by atoms with Gasteiger partial charge in [-0.15, -0.1) is 12.4 Å². The topological polar surface area (TPSA) is 55.6 Å². The van der Waals surface area contributed by atoms with Gasteiger partial charge in [0.2, 0.25) is 0 Å². The highest BCUT2D eigenvalue weighted by molar-refractivity contribution is 6.34. The average molecular weight is 340 g/mol. The minimum absolute atomic E-state index is 0. The third-order valence-corrected chi connectivity index (χ3v) is 3.60. The van der Waals surface area contributed by atoms with E-state index in [-0.39, 0.29) is 31.0 Å². The summed E-state index contributed by atoms with van der Waals surface area (Å²) in [4.78, 5) is 13.8. The standard InChI is InChI=1S/C13H16Cl2N2O2.ClH/c14-9-4-10(15)6-12(5-9)19-8-13(18)17-3-1-2-11(17)7-16;/h4-6,11H,1-3,7-8,16H2;1H. The molecule has 1 aliphatic heterocycles. The Balaban J connectivity index is 0.00000200. The average Bonchev–Trinajstić information content (AvgIpc) is 2.83. The zero-order valence-electron chi connectivity index (χ0n) is 10.9. The number of hydrogen-bond donors (Lipinski definition) is 1. The third kappa shape index (κ3) is 4.42. The number of amides is 1. The maximum Gasteiger partial charge on any atom is 0.260 e. The molecule has 0 saturated carbocycles. The molecule has 2 N–H and O–H groups in total. The van der Waals surface area contributed by atoms with E-state index in [0.29, 0.717) is 22.3 Å². The molecule has 1 aliphatic rings. The second-order valence-corrected chi connectivity index (χ2v) is 5.39. The van der Waals surface area contributed by atoms with Crippen molar-refractivity contribution in [2.75, 3.05) is 19.7 Å². The minimum atomic E-state index is -0.0518. The lowest BCUT2D eigenvalue weighted by Crippen LogP contribution is -2.42. The van der Waals surface area contributed by atoms with Crippen molar-refractivity contribution in [1.82, 2.24) is 4.90 Å². The van der Waals surface area contributed by atoms with Crippen molar-refractivity contribution in [3.63, 3.8) is 0 Å². The Labute approximate surface area is 134 Å². The highest BCUT2D eigenvalue weighted by atomic mass is 35.5. The van der Waals surface area contributed by atoms with Gasteiger partial charge in [0.25, 0.3) is 5.91 Å². The summed E-state index contributed by atoms with van der Waals surface area (Å²) in [5.41, 5.74) is 5.64. The molecular formula is C13H17Cl3N2O2. The van der Waals surface area contributed by atoms with Crippen LogP contribution >= 0.6 is 35.6 Å². The van der Waals surface area contributed by atoms with Crippen molar-refractivity contribution in [2.45, 2.75) is 18.9 Å². The van der Waals surface area contributed by atoms with Gasteiger partial charge in [0.1, 0.15) is 5.75 Å². The first kappa shape index (κ1) is 17.4. The Morgan fingerprint density at radius 2 is 2.00 bits per heavy atom. The number of nitrogens with two attached hydrogens (primary N) is 1. The molecule has 1 fully saturated rings. The van der Waals surface area contributed by atoms with Crippen LogP contribution in [0.3, 0.4) is 0 Å². The van der Waals surface area contributed by atoms with Crippen molar-refractivity contribution < 1.29 is 9.53 Å². The van der Waals surface area contributed by atoms with Gasteiger partial charge in [0.05, 0.1) is 0 Å². The first-order valence-electron chi connectivity index (χ1n) is 6.18.